The van der Waals surface area contributed by atoms with E-state index in [-0.39, 0.29) is 0 Å². The van der Waals surface area contributed by atoms with E-state index in [4.69, 9.17) is 4.99 Å². The lowest BCUT2D eigenvalue weighted by molar-refractivity contribution is 0.810. The highest BCUT2D eigenvalue weighted by Gasteiger charge is 2.22. The number of aromatic nitrogens is 1. The molecule has 2 heterocycles. The topological polar surface area (TPSA) is 28.1 Å². The van der Waals surface area contributed by atoms with Gasteiger partial charge in [-0.2, -0.15) is 0 Å². The predicted molar refractivity (Wildman–Crippen MR) is 144 cm³/mol. The summed E-state index contributed by atoms with van der Waals surface area (Å²) in [5.41, 5.74) is 10.7. The quantitative estimate of drug-likeness (QED) is 0.331. The van der Waals surface area contributed by atoms with Gasteiger partial charge in [0.05, 0.1) is 11.4 Å². The molecule has 1 N–H and O–H groups in total. The Morgan fingerprint density at radius 1 is 0.941 bits per heavy atom. The number of benzene rings is 3. The van der Waals surface area contributed by atoms with Crippen molar-refractivity contribution in [3.63, 3.8) is 0 Å². The predicted octanol–water partition coefficient (Wildman–Crippen LogP) is 8.21. The van der Waals surface area contributed by atoms with Gasteiger partial charge in [0, 0.05) is 34.0 Å². The van der Waals surface area contributed by atoms with E-state index in [1.165, 1.54) is 38.7 Å². The van der Waals surface area contributed by atoms with Crippen LogP contribution in [-0.2, 0) is 0 Å². The number of nitrogens with zero attached hydrogens (tertiary/aromatic N) is 1. The van der Waals surface area contributed by atoms with Crippen LogP contribution < -0.4 is 0 Å². The maximum absolute atomic E-state index is 5.15. The lowest BCUT2D eigenvalue weighted by Gasteiger charge is -2.14. The summed E-state index contributed by atoms with van der Waals surface area (Å²) in [5, 5.41) is 2.49. The third kappa shape index (κ3) is 3.66. The summed E-state index contributed by atoms with van der Waals surface area (Å²) < 4.78 is 0. The molecule has 2 aliphatic rings. The minimum Gasteiger partial charge on any atom is -0.358 e. The standard InChI is InChI=1S/C32H28N2/c1-3-22-12-14-24(15-13-22)30-18-21(2)29(33-30)20-31-27-10-6-7-11-28(27)32(34-31)26-17-16-23-8-4-5-9-25(23)19-26/h4-14,16-20,24,33H,3,15H2,1-2H3. The van der Waals surface area contributed by atoms with E-state index < -0.39 is 0 Å². The van der Waals surface area contributed by atoms with Gasteiger partial charge in [-0.25, -0.2) is 4.99 Å². The Labute approximate surface area is 201 Å². The Kier molecular flexibility index (Phi) is 5.15. The Morgan fingerprint density at radius 2 is 1.74 bits per heavy atom. The fraction of sp³-hybridized carbons (Fsp3) is 0.156. The largest absolute Gasteiger partial charge is 0.358 e. The Balaban J connectivity index is 1.39. The van der Waals surface area contributed by atoms with Crippen molar-refractivity contribution in [1.29, 1.82) is 0 Å². The second-order valence-corrected chi connectivity index (χ2v) is 9.25. The first-order valence-electron chi connectivity index (χ1n) is 12.2. The summed E-state index contributed by atoms with van der Waals surface area (Å²) in [6, 6.07) is 26.0. The Hall–Kier alpha value is -3.91. The molecule has 1 aliphatic heterocycles. The van der Waals surface area contributed by atoms with Crippen molar-refractivity contribution in [3.8, 4) is 0 Å². The molecule has 0 bridgehead atoms. The Bertz CT molecular complexity index is 1520. The number of hydrogen-bond donors (Lipinski definition) is 1. The van der Waals surface area contributed by atoms with Crippen molar-refractivity contribution in [2.45, 2.75) is 32.6 Å². The van der Waals surface area contributed by atoms with Gasteiger partial charge in [-0.15, -0.1) is 0 Å². The van der Waals surface area contributed by atoms with E-state index in [0.29, 0.717) is 5.92 Å². The third-order valence-electron chi connectivity index (χ3n) is 7.05. The van der Waals surface area contributed by atoms with Crippen molar-refractivity contribution in [3.05, 3.63) is 130 Å². The highest BCUT2D eigenvalue weighted by Crippen LogP contribution is 2.35. The molecule has 0 amide bonds. The lowest BCUT2D eigenvalue weighted by Crippen LogP contribution is -2.00. The molecule has 34 heavy (non-hydrogen) atoms. The van der Waals surface area contributed by atoms with Crippen molar-refractivity contribution in [2.75, 3.05) is 0 Å². The van der Waals surface area contributed by atoms with Gasteiger partial charge in [-0.05, 0) is 54.3 Å². The molecule has 6 rings (SSSR count). The van der Waals surface area contributed by atoms with Crippen molar-refractivity contribution >= 4 is 28.3 Å². The zero-order valence-electron chi connectivity index (χ0n) is 19.7. The monoisotopic (exact) mass is 440 g/mol. The molecule has 4 aromatic rings. The van der Waals surface area contributed by atoms with Crippen LogP contribution >= 0.6 is 0 Å². The molecule has 1 unspecified atom stereocenters. The van der Waals surface area contributed by atoms with Gasteiger partial charge >= 0.3 is 0 Å². The molecule has 0 fully saturated rings. The highest BCUT2D eigenvalue weighted by atomic mass is 14.8. The normalized spacial score (nSPS) is 18.3. The van der Waals surface area contributed by atoms with Gasteiger partial charge in [0.15, 0.2) is 0 Å². The van der Waals surface area contributed by atoms with E-state index in [2.05, 4.69) is 116 Å². The maximum Gasteiger partial charge on any atom is 0.0788 e. The molecular weight excluding hydrogens is 412 g/mol. The summed E-state index contributed by atoms with van der Waals surface area (Å²) in [6.45, 7) is 4.40. The molecule has 0 spiro atoms. The number of H-pyrrole nitrogens is 1. The van der Waals surface area contributed by atoms with Crippen molar-refractivity contribution in [2.24, 2.45) is 4.99 Å². The van der Waals surface area contributed by atoms with Crippen LogP contribution in [0.15, 0.2) is 102 Å². The zero-order valence-corrected chi connectivity index (χ0v) is 19.7. The molecule has 166 valence electrons. The average molecular weight is 441 g/mol. The van der Waals surface area contributed by atoms with Gasteiger partial charge in [-0.1, -0.05) is 91.4 Å². The van der Waals surface area contributed by atoms with Crippen LogP contribution in [0.4, 0.5) is 0 Å². The van der Waals surface area contributed by atoms with E-state index in [0.717, 1.165) is 35.5 Å². The molecule has 1 aliphatic carbocycles. The first kappa shape index (κ1) is 20.7. The van der Waals surface area contributed by atoms with E-state index in [1.807, 2.05) is 0 Å². The molecule has 0 radical (unpaired) electrons. The summed E-state index contributed by atoms with van der Waals surface area (Å²) in [5.74, 6) is 0.411. The number of rotatable bonds is 4. The summed E-state index contributed by atoms with van der Waals surface area (Å²) in [4.78, 5) is 8.84. The molecule has 0 saturated carbocycles. The van der Waals surface area contributed by atoms with Crippen molar-refractivity contribution in [1.82, 2.24) is 4.98 Å². The van der Waals surface area contributed by atoms with E-state index in [1.54, 1.807) is 0 Å². The fourth-order valence-electron chi connectivity index (χ4n) is 5.07. The van der Waals surface area contributed by atoms with Gasteiger partial charge in [0.1, 0.15) is 0 Å². The summed E-state index contributed by atoms with van der Waals surface area (Å²) in [6.07, 6.45) is 11.3. The minimum atomic E-state index is 0.411. The minimum absolute atomic E-state index is 0.411. The molecule has 3 aromatic carbocycles. The van der Waals surface area contributed by atoms with E-state index >= 15 is 0 Å². The van der Waals surface area contributed by atoms with Crippen LogP contribution in [0.3, 0.4) is 0 Å². The van der Waals surface area contributed by atoms with Crippen LogP contribution in [0.2, 0.25) is 0 Å². The highest BCUT2D eigenvalue weighted by molar-refractivity contribution is 6.22. The molecule has 2 nitrogen and oxygen atoms in total. The first-order chi connectivity index (χ1) is 16.7. The molecule has 2 heteroatoms. The number of aryl methyl sites for hydroxylation is 1. The number of aromatic amines is 1. The fourth-order valence-corrected chi connectivity index (χ4v) is 5.07. The van der Waals surface area contributed by atoms with Crippen LogP contribution in [0.5, 0.6) is 0 Å². The van der Waals surface area contributed by atoms with Crippen LogP contribution in [-0.4, -0.2) is 10.7 Å². The van der Waals surface area contributed by atoms with Gasteiger partial charge < -0.3 is 4.98 Å². The van der Waals surface area contributed by atoms with Crippen molar-refractivity contribution < 1.29 is 0 Å². The Morgan fingerprint density at radius 3 is 2.53 bits per heavy atom. The van der Waals surface area contributed by atoms with Crippen LogP contribution in [0.25, 0.3) is 22.5 Å². The number of fused-ring (bicyclic) bond motifs is 2. The lowest BCUT2D eigenvalue weighted by atomic mass is 9.93. The van der Waals surface area contributed by atoms with Gasteiger partial charge in [-0.3, -0.25) is 0 Å². The molecule has 1 aromatic heterocycles. The van der Waals surface area contributed by atoms with Crippen LogP contribution in [0, 0.1) is 6.92 Å². The van der Waals surface area contributed by atoms with Gasteiger partial charge in [0.2, 0.25) is 0 Å². The molecule has 1 atom stereocenters. The van der Waals surface area contributed by atoms with Crippen LogP contribution in [0.1, 0.15) is 59.3 Å². The smallest absolute Gasteiger partial charge is 0.0788 e. The second kappa shape index (κ2) is 8.46. The molecule has 0 saturated heterocycles. The second-order valence-electron chi connectivity index (χ2n) is 9.25. The van der Waals surface area contributed by atoms with Gasteiger partial charge in [0.25, 0.3) is 0 Å². The number of allylic oxidation sites excluding steroid dienone is 4. The number of hydrogen-bond acceptors (Lipinski definition) is 1. The zero-order chi connectivity index (χ0) is 23.1. The summed E-state index contributed by atoms with van der Waals surface area (Å²) >= 11 is 0. The summed E-state index contributed by atoms with van der Waals surface area (Å²) in [7, 11) is 0. The van der Waals surface area contributed by atoms with E-state index in [9.17, 15) is 0 Å². The first-order valence-corrected chi connectivity index (χ1v) is 12.2. The number of nitrogens with one attached hydrogen (secondary N) is 1. The molecular formula is C32H28N2. The maximum atomic E-state index is 5.15. The SMILES string of the molecule is CCC1=CCC(c2cc(C)c(C=C3N=C(c4ccc5ccccc5c4)c4ccccc43)[nH]2)C=C1. The number of aliphatic imine (C=N–C) groups is 1. The third-order valence-corrected chi connectivity index (χ3v) is 7.05. The average Bonchev–Trinajstić information content (AvgIpc) is 3.44.